The van der Waals surface area contributed by atoms with Crippen LogP contribution in [-0.2, 0) is 11.3 Å². The number of hydrogen-bond donors (Lipinski definition) is 1. The molecule has 1 N–H and O–H groups in total. The van der Waals surface area contributed by atoms with Crippen molar-refractivity contribution in [3.63, 3.8) is 0 Å². The zero-order valence-electron chi connectivity index (χ0n) is 8.21. The lowest BCUT2D eigenvalue weighted by Gasteiger charge is -1.99. The molecule has 0 fully saturated rings. The molecular weight excluding hydrogens is 220 g/mol. The van der Waals surface area contributed by atoms with Crippen LogP contribution < -0.4 is 5.32 Å². The van der Waals surface area contributed by atoms with E-state index < -0.39 is 0 Å². The van der Waals surface area contributed by atoms with E-state index in [0.29, 0.717) is 12.5 Å². The van der Waals surface area contributed by atoms with Crippen LogP contribution in [0.4, 0.5) is 0 Å². The zero-order valence-corrected chi connectivity index (χ0v) is 9.78. The summed E-state index contributed by atoms with van der Waals surface area (Å²) >= 11 is 6.97. The molecular formula is C9H13ClN2OS. The minimum absolute atomic E-state index is 0.00117. The quantitative estimate of drug-likeness (QED) is 0.809. The molecule has 0 spiro atoms. The maximum Gasteiger partial charge on any atom is 0.235 e. The smallest absolute Gasteiger partial charge is 0.235 e. The number of nitrogens with one attached hydrogen (secondary N) is 1. The van der Waals surface area contributed by atoms with Gasteiger partial charge in [0, 0.05) is 11.3 Å². The molecule has 0 aliphatic rings. The van der Waals surface area contributed by atoms with E-state index in [9.17, 15) is 4.79 Å². The number of thiazole rings is 1. The molecule has 14 heavy (non-hydrogen) atoms. The first kappa shape index (κ1) is 11.5. The summed E-state index contributed by atoms with van der Waals surface area (Å²) in [4.78, 5) is 15.2. The van der Waals surface area contributed by atoms with Crippen molar-refractivity contribution in [2.45, 2.75) is 26.3 Å². The van der Waals surface area contributed by atoms with Gasteiger partial charge in [0.1, 0.15) is 5.88 Å². The summed E-state index contributed by atoms with van der Waals surface area (Å²) in [6.07, 6.45) is 0. The van der Waals surface area contributed by atoms with Gasteiger partial charge in [0.25, 0.3) is 0 Å². The Balaban J connectivity index is 2.48. The predicted molar refractivity (Wildman–Crippen MR) is 58.8 cm³/mol. The van der Waals surface area contributed by atoms with Crippen molar-refractivity contribution in [2.24, 2.45) is 0 Å². The second kappa shape index (κ2) is 5.32. The summed E-state index contributed by atoms with van der Waals surface area (Å²) in [7, 11) is 0. The molecule has 0 unspecified atom stereocenters. The number of halogens is 1. The van der Waals surface area contributed by atoms with Gasteiger partial charge in [0.15, 0.2) is 0 Å². The Bertz CT molecular complexity index is 312. The van der Waals surface area contributed by atoms with Gasteiger partial charge >= 0.3 is 0 Å². The molecule has 1 rings (SSSR count). The Morgan fingerprint density at radius 1 is 1.71 bits per heavy atom. The molecule has 1 amide bonds. The highest BCUT2D eigenvalue weighted by Crippen LogP contribution is 2.18. The van der Waals surface area contributed by atoms with Crippen molar-refractivity contribution in [1.29, 1.82) is 0 Å². The molecule has 0 atom stereocenters. The average molecular weight is 233 g/mol. The van der Waals surface area contributed by atoms with Gasteiger partial charge in [-0.05, 0) is 0 Å². The maximum absolute atomic E-state index is 10.9. The fourth-order valence-corrected chi connectivity index (χ4v) is 1.83. The second-order valence-corrected chi connectivity index (χ2v) is 4.40. The Kier molecular flexibility index (Phi) is 4.35. The summed E-state index contributed by atoms with van der Waals surface area (Å²) < 4.78 is 0. The molecule has 78 valence electrons. The van der Waals surface area contributed by atoms with E-state index in [-0.39, 0.29) is 11.8 Å². The monoisotopic (exact) mass is 232 g/mol. The summed E-state index contributed by atoms with van der Waals surface area (Å²) in [5.41, 5.74) is 0.900. The van der Waals surface area contributed by atoms with Crippen molar-refractivity contribution in [2.75, 3.05) is 5.88 Å². The average Bonchev–Trinajstić information content (AvgIpc) is 2.62. The highest BCUT2D eigenvalue weighted by Gasteiger charge is 2.06. The molecule has 0 saturated heterocycles. The van der Waals surface area contributed by atoms with Gasteiger partial charge in [-0.25, -0.2) is 4.98 Å². The van der Waals surface area contributed by atoms with Crippen LogP contribution in [0, 0.1) is 0 Å². The van der Waals surface area contributed by atoms with Crippen molar-refractivity contribution < 1.29 is 4.79 Å². The van der Waals surface area contributed by atoms with Crippen LogP contribution in [0.5, 0.6) is 0 Å². The van der Waals surface area contributed by atoms with Crippen LogP contribution in [0.2, 0.25) is 0 Å². The number of carbonyl (C=O) groups excluding carboxylic acids is 1. The van der Waals surface area contributed by atoms with E-state index in [2.05, 4.69) is 24.1 Å². The predicted octanol–water partition coefficient (Wildman–Crippen LogP) is 2.12. The molecule has 0 bridgehead atoms. The Morgan fingerprint density at radius 2 is 2.43 bits per heavy atom. The Hall–Kier alpha value is -0.610. The summed E-state index contributed by atoms with van der Waals surface area (Å²) in [5, 5.41) is 5.73. The van der Waals surface area contributed by atoms with Gasteiger partial charge in [-0.1, -0.05) is 13.8 Å². The van der Waals surface area contributed by atoms with Crippen LogP contribution in [0.3, 0.4) is 0 Å². The van der Waals surface area contributed by atoms with E-state index >= 15 is 0 Å². The van der Waals surface area contributed by atoms with Crippen LogP contribution >= 0.6 is 22.9 Å². The van der Waals surface area contributed by atoms with Crippen LogP contribution in [0.25, 0.3) is 0 Å². The first-order valence-corrected chi connectivity index (χ1v) is 5.82. The van der Waals surface area contributed by atoms with Crippen LogP contribution in [0.1, 0.15) is 30.5 Å². The van der Waals surface area contributed by atoms with Crippen molar-refractivity contribution >= 4 is 28.8 Å². The molecule has 3 nitrogen and oxygen atoms in total. The first-order valence-electron chi connectivity index (χ1n) is 4.40. The molecule has 1 aromatic rings. The van der Waals surface area contributed by atoms with E-state index in [4.69, 9.17) is 11.6 Å². The third-order valence-electron chi connectivity index (χ3n) is 1.65. The lowest BCUT2D eigenvalue weighted by atomic mass is 10.2. The number of alkyl halides is 1. The van der Waals surface area contributed by atoms with Gasteiger partial charge < -0.3 is 5.32 Å². The largest absolute Gasteiger partial charge is 0.349 e. The van der Waals surface area contributed by atoms with Crippen molar-refractivity contribution in [3.05, 3.63) is 16.1 Å². The SMILES string of the molecule is CC(C)c1nc(CNC(=O)CCl)cs1. The first-order chi connectivity index (χ1) is 6.63. The summed E-state index contributed by atoms with van der Waals surface area (Å²) in [5.74, 6) is 0.282. The highest BCUT2D eigenvalue weighted by atomic mass is 35.5. The number of nitrogens with zero attached hydrogens (tertiary/aromatic N) is 1. The molecule has 0 aliphatic heterocycles. The van der Waals surface area contributed by atoms with Gasteiger partial charge in [-0.3, -0.25) is 4.79 Å². The molecule has 0 saturated carbocycles. The summed E-state index contributed by atoms with van der Waals surface area (Å²) in [6.45, 7) is 4.66. The number of aromatic nitrogens is 1. The Labute approximate surface area is 92.5 Å². The lowest BCUT2D eigenvalue weighted by molar-refractivity contribution is -0.118. The van der Waals surface area contributed by atoms with Gasteiger partial charge in [-0.15, -0.1) is 22.9 Å². The molecule has 0 radical (unpaired) electrons. The van der Waals surface area contributed by atoms with Gasteiger partial charge in [0.2, 0.25) is 5.91 Å². The topological polar surface area (TPSA) is 42.0 Å². The van der Waals surface area contributed by atoms with Crippen molar-refractivity contribution in [1.82, 2.24) is 10.3 Å². The van der Waals surface area contributed by atoms with E-state index in [0.717, 1.165) is 10.7 Å². The number of carbonyl (C=O) groups is 1. The third kappa shape index (κ3) is 3.27. The van der Waals surface area contributed by atoms with Crippen LogP contribution in [-0.4, -0.2) is 16.8 Å². The number of rotatable bonds is 4. The molecule has 0 aliphatic carbocycles. The van der Waals surface area contributed by atoms with E-state index in [1.165, 1.54) is 0 Å². The van der Waals surface area contributed by atoms with Crippen LogP contribution in [0.15, 0.2) is 5.38 Å². The van der Waals surface area contributed by atoms with Gasteiger partial charge in [-0.2, -0.15) is 0 Å². The van der Waals surface area contributed by atoms with E-state index in [1.807, 2.05) is 5.38 Å². The van der Waals surface area contributed by atoms with Gasteiger partial charge in [0.05, 0.1) is 17.2 Å². The zero-order chi connectivity index (χ0) is 10.6. The standard InChI is InChI=1S/C9H13ClN2OS/c1-6(2)9-12-7(5-14-9)4-11-8(13)3-10/h5-6H,3-4H2,1-2H3,(H,11,13). The van der Waals surface area contributed by atoms with E-state index in [1.54, 1.807) is 11.3 Å². The molecule has 5 heteroatoms. The van der Waals surface area contributed by atoms with Crippen molar-refractivity contribution in [3.8, 4) is 0 Å². The summed E-state index contributed by atoms with van der Waals surface area (Å²) in [6, 6.07) is 0. The fourth-order valence-electron chi connectivity index (χ4n) is 0.905. The molecule has 1 heterocycles. The number of amides is 1. The maximum atomic E-state index is 10.9. The normalized spacial score (nSPS) is 10.6. The minimum atomic E-state index is -0.161. The number of hydrogen-bond acceptors (Lipinski definition) is 3. The fraction of sp³-hybridized carbons (Fsp3) is 0.556. The highest BCUT2D eigenvalue weighted by molar-refractivity contribution is 7.09. The lowest BCUT2D eigenvalue weighted by Crippen LogP contribution is -2.23. The minimum Gasteiger partial charge on any atom is -0.349 e. The Morgan fingerprint density at radius 3 is 2.93 bits per heavy atom. The second-order valence-electron chi connectivity index (χ2n) is 3.24. The molecule has 1 aromatic heterocycles. The molecule has 0 aromatic carbocycles. The third-order valence-corrected chi connectivity index (χ3v) is 3.09.